The number of alkyl halides is 3. The van der Waals surface area contributed by atoms with Crippen molar-refractivity contribution in [3.05, 3.63) is 23.8 Å². The lowest BCUT2D eigenvalue weighted by Crippen LogP contribution is -2.22. The zero-order valence-corrected chi connectivity index (χ0v) is 11.4. The van der Waals surface area contributed by atoms with E-state index < -0.39 is 17.5 Å². The van der Waals surface area contributed by atoms with Crippen LogP contribution in [-0.4, -0.2) is 25.2 Å². The Bertz CT molecular complexity index is 455. The first-order valence-electron chi connectivity index (χ1n) is 6.41. The number of carbonyl (C=O) groups is 1. The van der Waals surface area contributed by atoms with Crippen molar-refractivity contribution in [1.82, 2.24) is 0 Å². The van der Waals surface area contributed by atoms with Gasteiger partial charge in [0.25, 0.3) is 5.78 Å². The largest absolute Gasteiger partial charge is 0.490 e. The average Bonchev–Trinajstić information content (AvgIpc) is 2.41. The Balaban J connectivity index is 3.03. The Hall–Kier alpha value is -1.72. The number of hydrogen-bond acceptors (Lipinski definition) is 3. The van der Waals surface area contributed by atoms with Gasteiger partial charge in [-0.1, -0.05) is 13.8 Å². The molecule has 20 heavy (non-hydrogen) atoms. The number of benzene rings is 1. The molecule has 0 aliphatic heterocycles. The summed E-state index contributed by atoms with van der Waals surface area (Å²) in [5.74, 6) is -1.38. The highest BCUT2D eigenvalue weighted by atomic mass is 19.4. The summed E-state index contributed by atoms with van der Waals surface area (Å²) in [4.78, 5) is 11.2. The predicted octanol–water partition coefficient (Wildman–Crippen LogP) is 4.01. The van der Waals surface area contributed by atoms with Crippen molar-refractivity contribution in [2.24, 2.45) is 0 Å². The second-order valence-electron chi connectivity index (χ2n) is 4.19. The second kappa shape index (κ2) is 7.17. The van der Waals surface area contributed by atoms with E-state index >= 15 is 0 Å². The van der Waals surface area contributed by atoms with Crippen LogP contribution in [0.1, 0.15) is 37.0 Å². The third kappa shape index (κ3) is 4.43. The van der Waals surface area contributed by atoms with E-state index in [1.54, 1.807) is 0 Å². The Morgan fingerprint density at radius 2 is 1.60 bits per heavy atom. The van der Waals surface area contributed by atoms with Crippen LogP contribution < -0.4 is 9.47 Å². The third-order valence-electron chi connectivity index (χ3n) is 2.39. The number of rotatable bonds is 7. The first-order valence-corrected chi connectivity index (χ1v) is 6.41. The molecule has 0 spiro atoms. The van der Waals surface area contributed by atoms with Crippen molar-refractivity contribution in [3.63, 3.8) is 0 Å². The highest BCUT2D eigenvalue weighted by Crippen LogP contribution is 2.31. The number of hydrogen-bond donors (Lipinski definition) is 0. The molecule has 0 aliphatic rings. The van der Waals surface area contributed by atoms with Crippen LogP contribution in [0.5, 0.6) is 11.5 Å². The summed E-state index contributed by atoms with van der Waals surface area (Å²) in [7, 11) is 0. The highest BCUT2D eigenvalue weighted by Gasteiger charge is 2.39. The summed E-state index contributed by atoms with van der Waals surface area (Å²) in [6.07, 6.45) is -3.44. The van der Waals surface area contributed by atoms with Crippen LogP contribution in [0, 0.1) is 0 Å². The first kappa shape index (κ1) is 16.3. The van der Waals surface area contributed by atoms with Gasteiger partial charge >= 0.3 is 6.18 Å². The van der Waals surface area contributed by atoms with Crippen molar-refractivity contribution in [1.29, 1.82) is 0 Å². The SMILES string of the molecule is CCCOc1ccc(C(=O)C(F)(F)F)cc1OCCC. The molecule has 0 radical (unpaired) electrons. The van der Waals surface area contributed by atoms with E-state index in [0.29, 0.717) is 25.4 Å². The van der Waals surface area contributed by atoms with Crippen LogP contribution >= 0.6 is 0 Å². The zero-order valence-electron chi connectivity index (χ0n) is 11.4. The molecule has 0 unspecified atom stereocenters. The van der Waals surface area contributed by atoms with Crippen LogP contribution in [0.4, 0.5) is 13.2 Å². The van der Waals surface area contributed by atoms with E-state index in [2.05, 4.69) is 0 Å². The molecule has 0 saturated carbocycles. The van der Waals surface area contributed by atoms with Gasteiger partial charge in [0.2, 0.25) is 0 Å². The number of carbonyl (C=O) groups excluding carboxylic acids is 1. The van der Waals surface area contributed by atoms with E-state index in [0.717, 1.165) is 18.6 Å². The summed E-state index contributed by atoms with van der Waals surface area (Å²) in [5.41, 5.74) is -0.451. The average molecular weight is 290 g/mol. The van der Waals surface area contributed by atoms with Crippen LogP contribution in [0.25, 0.3) is 0 Å². The fraction of sp³-hybridized carbons (Fsp3) is 0.500. The Kier molecular flexibility index (Phi) is 5.85. The molecule has 0 atom stereocenters. The summed E-state index contributed by atoms with van der Waals surface area (Å²) >= 11 is 0. The fourth-order valence-electron chi connectivity index (χ4n) is 1.47. The standard InChI is InChI=1S/C14H17F3O3/c1-3-7-19-11-6-5-10(13(18)14(15,16)17)9-12(11)20-8-4-2/h5-6,9H,3-4,7-8H2,1-2H3. The Labute approximate surface area is 115 Å². The molecule has 0 aliphatic carbocycles. The first-order chi connectivity index (χ1) is 9.40. The molecule has 0 aromatic heterocycles. The molecule has 1 aromatic carbocycles. The van der Waals surface area contributed by atoms with Crippen LogP contribution in [-0.2, 0) is 0 Å². The molecular formula is C14H17F3O3. The lowest BCUT2D eigenvalue weighted by atomic mass is 10.1. The molecule has 0 heterocycles. The summed E-state index contributed by atoms with van der Waals surface area (Å²) in [6, 6.07) is 3.51. The normalized spacial score (nSPS) is 11.2. The van der Waals surface area contributed by atoms with Gasteiger partial charge in [0.05, 0.1) is 13.2 Å². The molecule has 3 nitrogen and oxygen atoms in total. The van der Waals surface area contributed by atoms with Gasteiger partial charge < -0.3 is 9.47 Å². The van der Waals surface area contributed by atoms with E-state index in [1.165, 1.54) is 6.07 Å². The zero-order chi connectivity index (χ0) is 15.2. The highest BCUT2D eigenvalue weighted by molar-refractivity contribution is 6.00. The molecule has 0 amide bonds. The lowest BCUT2D eigenvalue weighted by Gasteiger charge is -2.13. The van der Waals surface area contributed by atoms with Crippen molar-refractivity contribution in [3.8, 4) is 11.5 Å². The van der Waals surface area contributed by atoms with Gasteiger partial charge in [-0.25, -0.2) is 0 Å². The van der Waals surface area contributed by atoms with E-state index in [4.69, 9.17) is 9.47 Å². The quantitative estimate of drug-likeness (QED) is 0.712. The summed E-state index contributed by atoms with van der Waals surface area (Å²) in [5, 5.41) is 0. The van der Waals surface area contributed by atoms with Gasteiger partial charge in [0, 0.05) is 5.56 Å². The van der Waals surface area contributed by atoms with E-state index in [-0.39, 0.29) is 5.75 Å². The molecule has 112 valence electrons. The fourth-order valence-corrected chi connectivity index (χ4v) is 1.47. The maximum Gasteiger partial charge on any atom is 0.454 e. The number of ketones is 1. The minimum absolute atomic E-state index is 0.162. The topological polar surface area (TPSA) is 35.5 Å². The minimum Gasteiger partial charge on any atom is -0.490 e. The number of Topliss-reactive ketones (excluding diaryl/α,β-unsaturated/α-hetero) is 1. The van der Waals surface area contributed by atoms with Gasteiger partial charge in [-0.3, -0.25) is 4.79 Å². The van der Waals surface area contributed by atoms with Crippen LogP contribution in [0.15, 0.2) is 18.2 Å². The monoisotopic (exact) mass is 290 g/mol. The van der Waals surface area contributed by atoms with Gasteiger partial charge in [-0.15, -0.1) is 0 Å². The van der Waals surface area contributed by atoms with Gasteiger partial charge in [0.15, 0.2) is 11.5 Å². The van der Waals surface area contributed by atoms with Crippen molar-refractivity contribution in [2.45, 2.75) is 32.9 Å². The Morgan fingerprint density at radius 3 is 2.10 bits per heavy atom. The molecule has 1 rings (SSSR count). The maximum absolute atomic E-state index is 12.4. The summed E-state index contributed by atoms with van der Waals surface area (Å²) in [6.45, 7) is 4.55. The van der Waals surface area contributed by atoms with E-state index in [1.807, 2.05) is 13.8 Å². The van der Waals surface area contributed by atoms with Crippen LogP contribution in [0.2, 0.25) is 0 Å². The molecule has 0 fully saturated rings. The van der Waals surface area contributed by atoms with Gasteiger partial charge in [-0.05, 0) is 31.0 Å². The number of ether oxygens (including phenoxy) is 2. The van der Waals surface area contributed by atoms with E-state index in [9.17, 15) is 18.0 Å². The number of halogens is 3. The molecule has 0 N–H and O–H groups in total. The molecule has 1 aromatic rings. The van der Waals surface area contributed by atoms with Gasteiger partial charge in [-0.2, -0.15) is 13.2 Å². The maximum atomic E-state index is 12.4. The Morgan fingerprint density at radius 1 is 1.05 bits per heavy atom. The smallest absolute Gasteiger partial charge is 0.454 e. The summed E-state index contributed by atoms with van der Waals surface area (Å²) < 4.78 is 47.9. The van der Waals surface area contributed by atoms with Gasteiger partial charge in [0.1, 0.15) is 0 Å². The molecule has 6 heteroatoms. The third-order valence-corrected chi connectivity index (χ3v) is 2.39. The lowest BCUT2D eigenvalue weighted by molar-refractivity contribution is -0.0885. The predicted molar refractivity (Wildman–Crippen MR) is 68.4 cm³/mol. The molecule has 0 bridgehead atoms. The van der Waals surface area contributed by atoms with Crippen molar-refractivity contribution in [2.75, 3.05) is 13.2 Å². The van der Waals surface area contributed by atoms with Crippen molar-refractivity contribution < 1.29 is 27.4 Å². The minimum atomic E-state index is -4.90. The van der Waals surface area contributed by atoms with Crippen LogP contribution in [0.3, 0.4) is 0 Å². The second-order valence-corrected chi connectivity index (χ2v) is 4.19. The molecular weight excluding hydrogens is 273 g/mol. The molecule has 0 saturated heterocycles. The van der Waals surface area contributed by atoms with Crippen molar-refractivity contribution >= 4 is 5.78 Å².